The Morgan fingerprint density at radius 2 is 2.00 bits per heavy atom. The molecule has 1 aromatic carbocycles. The van der Waals surface area contributed by atoms with E-state index >= 15 is 0 Å². The molecule has 0 aliphatic heterocycles. The van der Waals surface area contributed by atoms with Crippen molar-refractivity contribution < 1.29 is 25.2 Å². The molecular formula is C19H25BN4O4. The second kappa shape index (κ2) is 10.5. The van der Waals surface area contributed by atoms with Gasteiger partial charge in [0.05, 0.1) is 13.5 Å². The summed E-state index contributed by atoms with van der Waals surface area (Å²) in [7, 11) is -2.00. The van der Waals surface area contributed by atoms with Crippen molar-refractivity contribution in [3.8, 4) is 0 Å². The average Bonchev–Trinajstić information content (AvgIpc) is 2.77. The van der Waals surface area contributed by atoms with Gasteiger partial charge in [0.2, 0.25) is 5.91 Å². The third-order valence-corrected chi connectivity index (χ3v) is 3.65. The predicted octanol–water partition coefficient (Wildman–Crippen LogP) is 0.361. The van der Waals surface area contributed by atoms with Crippen LogP contribution in [0.1, 0.15) is 40.4 Å². The summed E-state index contributed by atoms with van der Waals surface area (Å²) in [5.41, 5.74) is -0.490. The Kier molecular flexibility index (Phi) is 6.09. The fourth-order valence-corrected chi connectivity index (χ4v) is 2.36. The number of rotatable bonds is 9. The van der Waals surface area contributed by atoms with Gasteiger partial charge >= 0.3 is 7.12 Å². The highest BCUT2D eigenvalue weighted by molar-refractivity contribution is 6.43. The van der Waals surface area contributed by atoms with Crippen molar-refractivity contribution in [2.45, 2.75) is 38.6 Å². The average molecular weight is 388 g/mol. The molecule has 9 heteroatoms. The molecule has 0 radical (unpaired) electrons. The summed E-state index contributed by atoms with van der Waals surface area (Å²) in [6, 6.07) is 4.07. The number of nitrogens with zero attached hydrogens (tertiary/aromatic N) is 2. The maximum Gasteiger partial charge on any atom is 0.475 e. The second-order valence-electron chi connectivity index (χ2n) is 6.47. The number of nitrogens with one attached hydrogen (secondary N) is 2. The Hall–Kier alpha value is -2.78. The molecule has 1 heterocycles. The van der Waals surface area contributed by atoms with E-state index in [0.717, 1.165) is 6.20 Å². The summed E-state index contributed by atoms with van der Waals surface area (Å²) in [6.07, 6.45) is 0.720. The molecule has 28 heavy (non-hydrogen) atoms. The van der Waals surface area contributed by atoms with Crippen LogP contribution in [0.4, 0.5) is 0 Å². The number of hydrogen-bond acceptors (Lipinski definition) is 6. The van der Waals surface area contributed by atoms with Crippen LogP contribution in [0.25, 0.3) is 0 Å². The SMILES string of the molecule is [2H]N(C(=O)c1cnccn1)[C@]([2H])(C(=O)N[C@@H](CC(C)C)B(O)O)C([2H])([2H])c1ccccc1. The van der Waals surface area contributed by atoms with E-state index in [1.54, 1.807) is 19.9 Å². The van der Waals surface area contributed by atoms with Crippen LogP contribution >= 0.6 is 0 Å². The van der Waals surface area contributed by atoms with E-state index in [-0.39, 0.29) is 28.9 Å². The zero-order valence-corrected chi connectivity index (χ0v) is 15.6. The predicted molar refractivity (Wildman–Crippen MR) is 105 cm³/mol. The maximum atomic E-state index is 13.2. The van der Waals surface area contributed by atoms with Crippen molar-refractivity contribution in [2.24, 2.45) is 5.92 Å². The van der Waals surface area contributed by atoms with E-state index in [1.807, 2.05) is 0 Å². The van der Waals surface area contributed by atoms with Crippen molar-refractivity contribution in [3.63, 3.8) is 0 Å². The van der Waals surface area contributed by atoms with Gasteiger partial charge in [-0.15, -0.1) is 0 Å². The molecule has 0 aliphatic carbocycles. The smallest absolute Gasteiger partial charge is 0.426 e. The molecule has 2 amide bonds. The van der Waals surface area contributed by atoms with Crippen LogP contribution in [0.5, 0.6) is 0 Å². The molecule has 1 aromatic heterocycles. The number of benzene rings is 1. The minimum Gasteiger partial charge on any atom is -0.426 e. The largest absolute Gasteiger partial charge is 0.475 e. The summed E-state index contributed by atoms with van der Waals surface area (Å²) in [6.45, 7) is 3.54. The van der Waals surface area contributed by atoms with Gasteiger partial charge in [0.25, 0.3) is 5.91 Å². The lowest BCUT2D eigenvalue weighted by Crippen LogP contribution is -2.55. The van der Waals surface area contributed by atoms with Gasteiger partial charge in [-0.1, -0.05) is 44.2 Å². The minimum absolute atomic E-state index is 0.0820. The summed E-state index contributed by atoms with van der Waals surface area (Å²) >= 11 is 0. The number of carbonyl (C=O) groups excluding carboxylic acids is 2. The first kappa shape index (κ1) is 16.2. The summed E-state index contributed by atoms with van der Waals surface area (Å²) in [5.74, 6) is -3.95. The highest BCUT2D eigenvalue weighted by atomic mass is 16.4. The Labute approximate surface area is 170 Å². The first-order chi connectivity index (χ1) is 14.9. The molecule has 148 valence electrons. The van der Waals surface area contributed by atoms with Crippen molar-refractivity contribution in [3.05, 3.63) is 60.2 Å². The number of amides is 2. The molecule has 0 saturated carbocycles. The first-order valence-electron chi connectivity index (χ1n) is 10.7. The van der Waals surface area contributed by atoms with Crippen LogP contribution in [0.15, 0.2) is 48.9 Å². The molecule has 0 aliphatic rings. The van der Waals surface area contributed by atoms with Gasteiger partial charge < -0.3 is 20.7 Å². The standard InChI is InChI=1S/C19H25BN4O4/c1-13(2)10-17(20(27)28)24-18(25)15(11-14-6-4-3-5-7-14)23-19(26)16-12-21-8-9-22-16/h3-9,12-13,15,17,27-28H,10-11H2,1-2H3,(H,23,26)(H,24,25)/t15-,17-/m0/s1/i11D2,15D/hD. The summed E-state index contributed by atoms with van der Waals surface area (Å²) in [4.78, 5) is 33.6. The monoisotopic (exact) mass is 388 g/mol. The Bertz CT molecular complexity index is 924. The van der Waals surface area contributed by atoms with Crippen LogP contribution in [0, 0.1) is 5.92 Å². The van der Waals surface area contributed by atoms with Crippen LogP contribution in [-0.4, -0.2) is 50.9 Å². The van der Waals surface area contributed by atoms with Gasteiger partial charge in [0.1, 0.15) is 11.7 Å². The van der Waals surface area contributed by atoms with Crippen molar-refractivity contribution in [1.29, 1.82) is 0 Å². The number of hydrogen-bond donors (Lipinski definition) is 4. The lowest BCUT2D eigenvalue weighted by molar-refractivity contribution is -0.123. The van der Waals surface area contributed by atoms with Crippen LogP contribution in [0.3, 0.4) is 0 Å². The highest BCUT2D eigenvalue weighted by Gasteiger charge is 2.30. The van der Waals surface area contributed by atoms with E-state index in [0.29, 0.717) is 0 Å². The van der Waals surface area contributed by atoms with Gasteiger partial charge in [0.15, 0.2) is 1.41 Å². The number of carbonyl (C=O) groups is 2. The van der Waals surface area contributed by atoms with Crippen molar-refractivity contribution in [2.75, 3.05) is 0 Å². The molecule has 8 nitrogen and oxygen atoms in total. The normalized spacial score (nSPS) is 16.6. The van der Waals surface area contributed by atoms with E-state index in [4.69, 9.17) is 5.52 Å². The van der Waals surface area contributed by atoms with Gasteiger partial charge in [-0.2, -0.15) is 0 Å². The molecule has 2 aromatic rings. The van der Waals surface area contributed by atoms with E-state index in [9.17, 15) is 19.6 Å². The third kappa shape index (κ3) is 6.75. The van der Waals surface area contributed by atoms with Gasteiger partial charge in [-0.3, -0.25) is 14.6 Å². The molecule has 2 atom stereocenters. The molecule has 2 rings (SSSR count). The third-order valence-electron chi connectivity index (χ3n) is 3.65. The van der Waals surface area contributed by atoms with E-state index < -0.39 is 37.3 Å². The molecule has 0 saturated heterocycles. The Morgan fingerprint density at radius 3 is 2.57 bits per heavy atom. The van der Waals surface area contributed by atoms with Crippen LogP contribution < -0.4 is 10.6 Å². The quantitative estimate of drug-likeness (QED) is 0.460. The lowest BCUT2D eigenvalue weighted by Gasteiger charge is -2.24. The topological polar surface area (TPSA) is 124 Å². The molecule has 4 N–H and O–H groups in total. The fraction of sp³-hybridized carbons (Fsp3) is 0.368. The van der Waals surface area contributed by atoms with Crippen molar-refractivity contribution >= 4 is 18.9 Å². The zero-order chi connectivity index (χ0) is 24.1. The summed E-state index contributed by atoms with van der Waals surface area (Å²) in [5, 5.41) is 21.5. The Balaban J connectivity index is 2.55. The van der Waals surface area contributed by atoms with E-state index in [2.05, 4.69) is 15.3 Å². The molecular weight excluding hydrogens is 359 g/mol. The maximum absolute atomic E-state index is 13.2. The second-order valence-corrected chi connectivity index (χ2v) is 6.47. The lowest BCUT2D eigenvalue weighted by atomic mass is 9.75. The van der Waals surface area contributed by atoms with Gasteiger partial charge in [-0.05, 0) is 17.9 Å². The van der Waals surface area contributed by atoms with Crippen LogP contribution in [0.2, 0.25) is 1.41 Å². The fourth-order valence-electron chi connectivity index (χ4n) is 2.36. The summed E-state index contributed by atoms with van der Waals surface area (Å²) < 4.78 is 34.2. The first-order valence-corrected chi connectivity index (χ1v) is 8.75. The molecule has 0 fully saturated rings. The zero-order valence-electron chi connectivity index (χ0n) is 19.6. The molecule has 0 bridgehead atoms. The molecule has 0 spiro atoms. The van der Waals surface area contributed by atoms with Gasteiger partial charge in [-0.25, -0.2) is 4.98 Å². The Morgan fingerprint density at radius 1 is 1.29 bits per heavy atom. The van der Waals surface area contributed by atoms with Crippen LogP contribution in [-0.2, 0) is 11.2 Å². The molecule has 0 unspecified atom stereocenters. The van der Waals surface area contributed by atoms with Gasteiger partial charge in [0, 0.05) is 21.5 Å². The minimum atomic E-state index is -3.16. The highest BCUT2D eigenvalue weighted by Crippen LogP contribution is 2.09. The van der Waals surface area contributed by atoms with E-state index in [1.165, 1.54) is 36.7 Å². The van der Waals surface area contributed by atoms with Crippen molar-refractivity contribution in [1.82, 2.24) is 20.6 Å². The number of aromatic nitrogens is 2.